The Bertz CT molecular complexity index is 883. The van der Waals surface area contributed by atoms with E-state index in [-0.39, 0.29) is 18.2 Å². The van der Waals surface area contributed by atoms with E-state index in [1.807, 2.05) is 29.8 Å². The summed E-state index contributed by atoms with van der Waals surface area (Å²) >= 11 is 0. The van der Waals surface area contributed by atoms with E-state index >= 15 is 0 Å². The van der Waals surface area contributed by atoms with Gasteiger partial charge in [-0.1, -0.05) is 36.4 Å². The summed E-state index contributed by atoms with van der Waals surface area (Å²) in [5, 5.41) is 0. The predicted octanol–water partition coefficient (Wildman–Crippen LogP) is 4.07. The summed E-state index contributed by atoms with van der Waals surface area (Å²) in [6.45, 7) is 2.25. The fourth-order valence-corrected chi connectivity index (χ4v) is 3.14. The van der Waals surface area contributed by atoms with Gasteiger partial charge in [0.15, 0.2) is 5.78 Å². The van der Waals surface area contributed by atoms with Crippen molar-refractivity contribution >= 4 is 18.2 Å². The molecule has 3 nitrogen and oxygen atoms in total. The summed E-state index contributed by atoms with van der Waals surface area (Å²) in [4.78, 5) is 16.6. The second-order valence-corrected chi connectivity index (χ2v) is 5.73. The van der Waals surface area contributed by atoms with E-state index in [1.165, 1.54) is 22.3 Å². The number of aromatic nitrogens is 2. The summed E-state index contributed by atoms with van der Waals surface area (Å²) in [5.41, 5.74) is 5.91. The van der Waals surface area contributed by atoms with Gasteiger partial charge in [0.05, 0.1) is 6.54 Å². The van der Waals surface area contributed by atoms with Crippen LogP contribution in [0.1, 0.15) is 27.3 Å². The minimum atomic E-state index is 0. The molecule has 0 N–H and O–H groups in total. The standard InChI is InChI=1S/C19H16N2O.ClH/c1-13-20-8-9-21(13)12-19(22)15-6-7-18-16(11-15)10-14-4-2-3-5-17(14)18;/h2-9,11H,10,12H2,1H3;1H. The molecule has 0 spiro atoms. The first-order valence-electron chi connectivity index (χ1n) is 7.44. The lowest BCUT2D eigenvalue weighted by atomic mass is 10.0. The topological polar surface area (TPSA) is 34.9 Å². The van der Waals surface area contributed by atoms with Crippen LogP contribution in [0, 0.1) is 6.92 Å². The van der Waals surface area contributed by atoms with E-state index in [0.29, 0.717) is 6.54 Å². The van der Waals surface area contributed by atoms with Crippen molar-refractivity contribution in [3.05, 3.63) is 77.4 Å². The number of hydrogen-bond donors (Lipinski definition) is 0. The molecule has 1 heterocycles. The highest BCUT2D eigenvalue weighted by Crippen LogP contribution is 2.36. The minimum absolute atomic E-state index is 0. The molecule has 116 valence electrons. The molecular weight excluding hydrogens is 308 g/mol. The minimum Gasteiger partial charge on any atom is -0.327 e. The number of fused-ring (bicyclic) bond motifs is 3. The summed E-state index contributed by atoms with van der Waals surface area (Å²) in [6.07, 6.45) is 4.48. The van der Waals surface area contributed by atoms with Crippen LogP contribution in [0.15, 0.2) is 54.9 Å². The van der Waals surface area contributed by atoms with Crippen LogP contribution in [0.3, 0.4) is 0 Å². The van der Waals surface area contributed by atoms with Gasteiger partial charge in [-0.05, 0) is 41.7 Å². The van der Waals surface area contributed by atoms with Gasteiger partial charge in [0, 0.05) is 18.0 Å². The van der Waals surface area contributed by atoms with Crippen molar-refractivity contribution in [2.75, 3.05) is 0 Å². The number of carbonyl (C=O) groups excluding carboxylic acids is 1. The first kappa shape index (κ1) is 15.5. The van der Waals surface area contributed by atoms with Gasteiger partial charge in [-0.25, -0.2) is 4.98 Å². The van der Waals surface area contributed by atoms with E-state index in [4.69, 9.17) is 0 Å². The van der Waals surface area contributed by atoms with Crippen molar-refractivity contribution in [1.29, 1.82) is 0 Å². The maximum Gasteiger partial charge on any atom is 0.182 e. The largest absolute Gasteiger partial charge is 0.327 e. The Kier molecular flexibility index (Phi) is 4.05. The molecular formula is C19H17ClN2O. The molecule has 0 saturated carbocycles. The maximum absolute atomic E-state index is 12.5. The molecule has 0 saturated heterocycles. The van der Waals surface area contributed by atoms with E-state index in [0.717, 1.165) is 17.8 Å². The zero-order valence-electron chi connectivity index (χ0n) is 12.8. The number of Topliss-reactive ketones (excluding diaryl/α,β-unsaturated/α-hetero) is 1. The molecule has 1 aromatic heterocycles. The number of benzene rings is 2. The highest BCUT2D eigenvalue weighted by atomic mass is 35.5. The third-order valence-corrected chi connectivity index (χ3v) is 4.35. The summed E-state index contributed by atoms with van der Waals surface area (Å²) < 4.78 is 1.88. The van der Waals surface area contributed by atoms with E-state index < -0.39 is 0 Å². The molecule has 3 aromatic rings. The Morgan fingerprint density at radius 2 is 1.91 bits per heavy atom. The van der Waals surface area contributed by atoms with Crippen molar-refractivity contribution < 1.29 is 4.79 Å². The Hall–Kier alpha value is -2.39. The predicted molar refractivity (Wildman–Crippen MR) is 93.2 cm³/mol. The van der Waals surface area contributed by atoms with Crippen LogP contribution in [0.4, 0.5) is 0 Å². The smallest absolute Gasteiger partial charge is 0.182 e. The fourth-order valence-electron chi connectivity index (χ4n) is 3.14. The van der Waals surface area contributed by atoms with Crippen molar-refractivity contribution in [3.8, 4) is 11.1 Å². The SMILES string of the molecule is Cc1nccn1CC(=O)c1ccc2c(c1)Cc1ccccc1-2.Cl. The molecule has 1 aliphatic rings. The lowest BCUT2D eigenvalue weighted by molar-refractivity contribution is 0.0971. The van der Waals surface area contributed by atoms with Gasteiger partial charge in [-0.2, -0.15) is 0 Å². The Morgan fingerprint density at radius 1 is 1.13 bits per heavy atom. The number of halogens is 1. The van der Waals surface area contributed by atoms with Crippen molar-refractivity contribution in [2.24, 2.45) is 0 Å². The quantitative estimate of drug-likeness (QED) is 0.532. The first-order chi connectivity index (χ1) is 10.7. The number of imidazole rings is 1. The van der Waals surface area contributed by atoms with E-state index in [9.17, 15) is 4.79 Å². The molecule has 0 amide bonds. The van der Waals surface area contributed by atoms with Gasteiger partial charge in [-0.15, -0.1) is 12.4 Å². The number of nitrogens with zero attached hydrogens (tertiary/aromatic N) is 2. The zero-order chi connectivity index (χ0) is 15.1. The number of hydrogen-bond acceptors (Lipinski definition) is 2. The Balaban J connectivity index is 0.00000156. The molecule has 4 heteroatoms. The molecule has 1 aliphatic carbocycles. The number of aryl methyl sites for hydroxylation is 1. The average Bonchev–Trinajstić information content (AvgIpc) is 3.10. The lowest BCUT2D eigenvalue weighted by Gasteiger charge is -2.07. The average molecular weight is 325 g/mol. The number of rotatable bonds is 3. The highest BCUT2D eigenvalue weighted by molar-refractivity contribution is 5.97. The molecule has 0 fully saturated rings. The number of carbonyl (C=O) groups is 1. The second kappa shape index (κ2) is 6.01. The third kappa shape index (κ3) is 2.68. The van der Waals surface area contributed by atoms with Crippen molar-refractivity contribution in [2.45, 2.75) is 19.9 Å². The van der Waals surface area contributed by atoms with E-state index in [1.54, 1.807) is 6.20 Å². The maximum atomic E-state index is 12.5. The normalized spacial score (nSPS) is 11.5. The Morgan fingerprint density at radius 3 is 2.70 bits per heavy atom. The Labute approximate surface area is 141 Å². The van der Waals surface area contributed by atoms with Crippen LogP contribution in [-0.2, 0) is 13.0 Å². The first-order valence-corrected chi connectivity index (χ1v) is 7.44. The second-order valence-electron chi connectivity index (χ2n) is 5.73. The summed E-state index contributed by atoms with van der Waals surface area (Å²) in [5.74, 6) is 0.988. The molecule has 0 atom stereocenters. The van der Waals surface area contributed by atoms with Gasteiger partial charge in [-0.3, -0.25) is 4.79 Å². The van der Waals surface area contributed by atoms with Crippen LogP contribution in [0.2, 0.25) is 0 Å². The van der Waals surface area contributed by atoms with Gasteiger partial charge in [0.25, 0.3) is 0 Å². The van der Waals surface area contributed by atoms with Crippen LogP contribution in [0.5, 0.6) is 0 Å². The molecule has 0 radical (unpaired) electrons. The summed E-state index contributed by atoms with van der Waals surface area (Å²) in [6, 6.07) is 14.5. The molecule has 23 heavy (non-hydrogen) atoms. The van der Waals surface area contributed by atoms with Crippen LogP contribution < -0.4 is 0 Å². The van der Waals surface area contributed by atoms with Crippen LogP contribution >= 0.6 is 12.4 Å². The van der Waals surface area contributed by atoms with Gasteiger partial charge in [0.1, 0.15) is 5.82 Å². The van der Waals surface area contributed by atoms with Crippen LogP contribution in [0.25, 0.3) is 11.1 Å². The van der Waals surface area contributed by atoms with Crippen molar-refractivity contribution in [1.82, 2.24) is 9.55 Å². The van der Waals surface area contributed by atoms with Gasteiger partial charge >= 0.3 is 0 Å². The van der Waals surface area contributed by atoms with E-state index in [2.05, 4.69) is 35.3 Å². The molecule has 0 aliphatic heterocycles. The van der Waals surface area contributed by atoms with Gasteiger partial charge in [0.2, 0.25) is 0 Å². The lowest BCUT2D eigenvalue weighted by Crippen LogP contribution is -2.11. The molecule has 2 aromatic carbocycles. The molecule has 0 unspecified atom stereocenters. The molecule has 0 bridgehead atoms. The molecule has 4 rings (SSSR count). The zero-order valence-corrected chi connectivity index (χ0v) is 13.6. The highest BCUT2D eigenvalue weighted by Gasteiger charge is 2.19. The third-order valence-electron chi connectivity index (χ3n) is 4.35. The van der Waals surface area contributed by atoms with Gasteiger partial charge < -0.3 is 4.57 Å². The number of ketones is 1. The fraction of sp³-hybridized carbons (Fsp3) is 0.158. The van der Waals surface area contributed by atoms with Crippen LogP contribution in [-0.4, -0.2) is 15.3 Å². The monoisotopic (exact) mass is 324 g/mol. The summed E-state index contributed by atoms with van der Waals surface area (Å²) in [7, 11) is 0. The van der Waals surface area contributed by atoms with Crippen molar-refractivity contribution in [3.63, 3.8) is 0 Å².